The molecule has 112 valence electrons. The van der Waals surface area contributed by atoms with Crippen LogP contribution in [0, 0.1) is 0 Å². The summed E-state index contributed by atoms with van der Waals surface area (Å²) in [6, 6.07) is 2.52. The molecule has 20 heavy (non-hydrogen) atoms. The number of nitrogens with zero attached hydrogens (tertiary/aromatic N) is 1. The van der Waals surface area contributed by atoms with Gasteiger partial charge < -0.3 is 10.1 Å². The standard InChI is InChI=1S/C15H24N2OS2/c1-3-5-17-15(14-11-19-6-7-20-14)12-8-13(18-4-2)10-16-9-12/h8-10,14-15,17H,3-7,11H2,1-2H3. The van der Waals surface area contributed by atoms with Crippen molar-refractivity contribution in [2.45, 2.75) is 31.6 Å². The number of aromatic nitrogens is 1. The summed E-state index contributed by atoms with van der Waals surface area (Å²) in [5, 5.41) is 4.32. The molecule has 2 atom stereocenters. The van der Waals surface area contributed by atoms with Gasteiger partial charge in [0.2, 0.25) is 0 Å². The van der Waals surface area contributed by atoms with E-state index >= 15 is 0 Å². The molecule has 0 aromatic carbocycles. The van der Waals surface area contributed by atoms with E-state index in [0.29, 0.717) is 17.9 Å². The highest BCUT2D eigenvalue weighted by molar-refractivity contribution is 8.06. The highest BCUT2D eigenvalue weighted by Crippen LogP contribution is 2.34. The van der Waals surface area contributed by atoms with E-state index < -0.39 is 0 Å². The zero-order valence-electron chi connectivity index (χ0n) is 12.3. The van der Waals surface area contributed by atoms with E-state index in [1.54, 1.807) is 6.20 Å². The summed E-state index contributed by atoms with van der Waals surface area (Å²) < 4.78 is 5.59. The van der Waals surface area contributed by atoms with Crippen LogP contribution in [0.15, 0.2) is 18.5 Å². The van der Waals surface area contributed by atoms with Gasteiger partial charge in [-0.15, -0.1) is 0 Å². The van der Waals surface area contributed by atoms with E-state index in [-0.39, 0.29) is 0 Å². The van der Waals surface area contributed by atoms with Gasteiger partial charge in [0.15, 0.2) is 0 Å². The minimum Gasteiger partial charge on any atom is -0.492 e. The molecule has 2 heterocycles. The molecule has 3 nitrogen and oxygen atoms in total. The lowest BCUT2D eigenvalue weighted by molar-refractivity contribution is 0.337. The quantitative estimate of drug-likeness (QED) is 0.835. The molecule has 1 aliphatic heterocycles. The highest BCUT2D eigenvalue weighted by atomic mass is 32.2. The molecule has 0 spiro atoms. The zero-order valence-corrected chi connectivity index (χ0v) is 13.9. The lowest BCUT2D eigenvalue weighted by Crippen LogP contribution is -2.34. The second-order valence-corrected chi connectivity index (χ2v) is 7.30. The molecule has 2 rings (SSSR count). The number of nitrogens with one attached hydrogen (secondary N) is 1. The average molecular weight is 313 g/mol. The first-order valence-electron chi connectivity index (χ1n) is 7.35. The molecule has 1 saturated heterocycles. The van der Waals surface area contributed by atoms with E-state index in [2.05, 4.69) is 46.8 Å². The number of hydrogen-bond acceptors (Lipinski definition) is 5. The molecule has 5 heteroatoms. The molecule has 0 saturated carbocycles. The van der Waals surface area contributed by atoms with Crippen molar-refractivity contribution >= 4 is 23.5 Å². The van der Waals surface area contributed by atoms with Crippen molar-refractivity contribution in [2.75, 3.05) is 30.4 Å². The summed E-state index contributed by atoms with van der Waals surface area (Å²) in [5.41, 5.74) is 1.25. The number of hydrogen-bond donors (Lipinski definition) is 1. The largest absolute Gasteiger partial charge is 0.492 e. The van der Waals surface area contributed by atoms with Crippen LogP contribution in [0.4, 0.5) is 0 Å². The minimum atomic E-state index is 0.376. The highest BCUT2D eigenvalue weighted by Gasteiger charge is 2.26. The Morgan fingerprint density at radius 2 is 2.30 bits per heavy atom. The van der Waals surface area contributed by atoms with Crippen molar-refractivity contribution in [1.29, 1.82) is 0 Å². The molecule has 0 radical (unpaired) electrons. The van der Waals surface area contributed by atoms with Gasteiger partial charge in [-0.1, -0.05) is 6.92 Å². The third kappa shape index (κ3) is 4.57. The molecule has 0 aliphatic carbocycles. The monoisotopic (exact) mass is 312 g/mol. The van der Waals surface area contributed by atoms with Crippen LogP contribution in [0.3, 0.4) is 0 Å². The maximum absolute atomic E-state index is 5.59. The van der Waals surface area contributed by atoms with Crippen molar-refractivity contribution in [1.82, 2.24) is 10.3 Å². The Kier molecular flexibility index (Phi) is 7.03. The Hall–Kier alpha value is -0.390. The predicted molar refractivity (Wildman–Crippen MR) is 90.0 cm³/mol. The molecule has 1 fully saturated rings. The molecular formula is C15H24N2OS2. The first-order valence-corrected chi connectivity index (χ1v) is 9.56. The van der Waals surface area contributed by atoms with Crippen molar-refractivity contribution in [2.24, 2.45) is 0 Å². The molecule has 1 aliphatic rings. The van der Waals surface area contributed by atoms with E-state index in [9.17, 15) is 0 Å². The Labute approximate surface area is 130 Å². The van der Waals surface area contributed by atoms with E-state index in [1.165, 1.54) is 22.8 Å². The van der Waals surface area contributed by atoms with Crippen LogP contribution in [0.2, 0.25) is 0 Å². The number of thioether (sulfide) groups is 2. The fraction of sp³-hybridized carbons (Fsp3) is 0.667. The molecular weight excluding hydrogens is 288 g/mol. The van der Waals surface area contributed by atoms with Crippen molar-refractivity contribution < 1.29 is 4.74 Å². The van der Waals surface area contributed by atoms with Crippen molar-refractivity contribution in [3.05, 3.63) is 24.0 Å². The fourth-order valence-electron chi connectivity index (χ4n) is 2.31. The van der Waals surface area contributed by atoms with Crippen molar-refractivity contribution in [3.63, 3.8) is 0 Å². The Bertz CT molecular complexity index is 397. The summed E-state index contributed by atoms with van der Waals surface area (Å²) in [4.78, 5) is 4.35. The van der Waals surface area contributed by atoms with Crippen LogP contribution in [-0.2, 0) is 0 Å². The van der Waals surface area contributed by atoms with Crippen molar-refractivity contribution in [3.8, 4) is 5.75 Å². The van der Waals surface area contributed by atoms with Crippen LogP contribution in [0.1, 0.15) is 31.9 Å². The Balaban J connectivity index is 2.13. The Morgan fingerprint density at radius 3 is 3.00 bits per heavy atom. The van der Waals surface area contributed by atoms with Gasteiger partial charge in [0.1, 0.15) is 5.75 Å². The minimum absolute atomic E-state index is 0.376. The van der Waals surface area contributed by atoms with Gasteiger partial charge in [-0.05, 0) is 31.5 Å². The number of pyridine rings is 1. The van der Waals surface area contributed by atoms with Gasteiger partial charge in [0.25, 0.3) is 0 Å². The fourth-order valence-corrected chi connectivity index (χ4v) is 5.18. The lowest BCUT2D eigenvalue weighted by atomic mass is 10.1. The van der Waals surface area contributed by atoms with E-state index in [0.717, 1.165) is 18.7 Å². The second-order valence-electron chi connectivity index (χ2n) is 4.80. The maximum Gasteiger partial charge on any atom is 0.137 e. The molecule has 0 bridgehead atoms. The van der Waals surface area contributed by atoms with Gasteiger partial charge in [0, 0.05) is 34.7 Å². The number of rotatable bonds is 7. The average Bonchev–Trinajstić information content (AvgIpc) is 2.50. The topological polar surface area (TPSA) is 34.2 Å². The van der Waals surface area contributed by atoms with Gasteiger partial charge in [-0.25, -0.2) is 0 Å². The van der Waals surface area contributed by atoms with Gasteiger partial charge in [-0.2, -0.15) is 23.5 Å². The lowest BCUT2D eigenvalue weighted by Gasteiger charge is -2.30. The maximum atomic E-state index is 5.59. The molecule has 2 unspecified atom stereocenters. The van der Waals surface area contributed by atoms with Gasteiger partial charge in [0.05, 0.1) is 12.8 Å². The van der Waals surface area contributed by atoms with Crippen LogP contribution in [0.5, 0.6) is 5.75 Å². The van der Waals surface area contributed by atoms with Crippen LogP contribution in [-0.4, -0.2) is 40.6 Å². The van der Waals surface area contributed by atoms with E-state index in [4.69, 9.17) is 4.74 Å². The molecule has 1 aromatic heterocycles. The van der Waals surface area contributed by atoms with Crippen LogP contribution in [0.25, 0.3) is 0 Å². The molecule has 1 N–H and O–H groups in total. The summed E-state index contributed by atoms with van der Waals surface area (Å²) in [6.07, 6.45) is 4.93. The normalized spacial score (nSPS) is 20.6. The predicted octanol–water partition coefficient (Wildman–Crippen LogP) is 3.37. The summed E-state index contributed by atoms with van der Waals surface area (Å²) in [7, 11) is 0. The SMILES string of the molecule is CCCNC(c1cncc(OCC)c1)C1CSCCS1. The smallest absolute Gasteiger partial charge is 0.137 e. The summed E-state index contributed by atoms with van der Waals surface area (Å²) >= 11 is 4.15. The third-order valence-corrected chi connectivity index (χ3v) is 6.10. The first-order chi connectivity index (χ1) is 9.85. The van der Waals surface area contributed by atoms with Gasteiger partial charge >= 0.3 is 0 Å². The first kappa shape index (κ1) is 16.0. The van der Waals surface area contributed by atoms with Crippen LogP contribution >= 0.6 is 23.5 Å². The zero-order chi connectivity index (χ0) is 14.2. The number of ether oxygens (including phenoxy) is 1. The van der Waals surface area contributed by atoms with Crippen LogP contribution < -0.4 is 10.1 Å². The Morgan fingerprint density at radius 1 is 1.40 bits per heavy atom. The van der Waals surface area contributed by atoms with E-state index in [1.807, 2.05) is 13.1 Å². The van der Waals surface area contributed by atoms with Gasteiger partial charge in [-0.3, -0.25) is 4.98 Å². The summed E-state index contributed by atoms with van der Waals surface area (Å²) in [6.45, 7) is 5.95. The molecule has 1 aromatic rings. The second kappa shape index (κ2) is 8.80. The molecule has 0 amide bonds. The summed E-state index contributed by atoms with van der Waals surface area (Å²) in [5.74, 6) is 4.61. The third-order valence-electron chi connectivity index (χ3n) is 3.23.